The first-order valence-corrected chi connectivity index (χ1v) is 9.21. The molecule has 3 fully saturated rings. The summed E-state index contributed by atoms with van der Waals surface area (Å²) in [4.78, 5) is 30.6. The Morgan fingerprint density at radius 2 is 2.04 bits per heavy atom. The van der Waals surface area contributed by atoms with Gasteiger partial charge in [0, 0.05) is 38.6 Å². The summed E-state index contributed by atoms with van der Waals surface area (Å²) in [5, 5.41) is 1.11. The Morgan fingerprint density at radius 1 is 1.23 bits per heavy atom. The van der Waals surface area contributed by atoms with E-state index in [2.05, 4.69) is 11.0 Å². The molecular formula is C20H25N3O3. The summed E-state index contributed by atoms with van der Waals surface area (Å²) in [7, 11) is 3.47. The van der Waals surface area contributed by atoms with Crippen LogP contribution in [-0.2, 0) is 16.1 Å². The first kappa shape index (κ1) is 17.1. The number of fused-ring (bicyclic) bond motifs is 5. The summed E-state index contributed by atoms with van der Waals surface area (Å²) >= 11 is 0. The van der Waals surface area contributed by atoms with Crippen molar-refractivity contribution in [3.8, 4) is 0 Å². The molecule has 0 spiro atoms. The van der Waals surface area contributed by atoms with Crippen LogP contribution in [0.3, 0.4) is 0 Å². The Kier molecular flexibility index (Phi) is 4.44. The van der Waals surface area contributed by atoms with Crippen molar-refractivity contribution in [3.63, 3.8) is 0 Å². The minimum Gasteiger partial charge on any atom is -0.460 e. The number of hydrogen-bond acceptors (Lipinski definition) is 4. The fraction of sp³-hybridized carbons (Fsp3) is 0.500. The minimum atomic E-state index is -0.0203. The molecule has 6 heteroatoms. The van der Waals surface area contributed by atoms with Gasteiger partial charge in [-0.2, -0.15) is 0 Å². The van der Waals surface area contributed by atoms with Gasteiger partial charge in [-0.1, -0.05) is 18.2 Å². The topological polar surface area (TPSA) is 57.0 Å². The molecule has 26 heavy (non-hydrogen) atoms. The van der Waals surface area contributed by atoms with Crippen LogP contribution in [-0.4, -0.2) is 66.3 Å². The molecule has 3 aliphatic rings. The van der Waals surface area contributed by atoms with Crippen molar-refractivity contribution in [1.29, 1.82) is 0 Å². The van der Waals surface area contributed by atoms with Gasteiger partial charge in [0.1, 0.15) is 17.9 Å². The number of benzene rings is 1. The van der Waals surface area contributed by atoms with Crippen molar-refractivity contribution >= 4 is 22.8 Å². The Hall–Kier alpha value is -2.34. The largest absolute Gasteiger partial charge is 0.460 e. The van der Waals surface area contributed by atoms with Gasteiger partial charge in [0.2, 0.25) is 11.8 Å². The number of piperidine rings is 1. The highest BCUT2D eigenvalue weighted by molar-refractivity contribution is 5.87. The smallest absolute Gasteiger partial charge is 0.241 e. The molecule has 6 nitrogen and oxygen atoms in total. The third-order valence-electron chi connectivity index (χ3n) is 5.53. The van der Waals surface area contributed by atoms with Gasteiger partial charge in [-0.3, -0.25) is 14.5 Å². The second-order valence-electron chi connectivity index (χ2n) is 7.63. The number of carbonyl (C=O) groups excluding carboxylic acids is 2. The van der Waals surface area contributed by atoms with Gasteiger partial charge in [0.25, 0.3) is 0 Å². The number of para-hydroxylation sites is 1. The molecule has 1 aromatic carbocycles. The first-order chi connectivity index (χ1) is 12.5. The third-order valence-corrected chi connectivity index (χ3v) is 5.53. The van der Waals surface area contributed by atoms with Crippen LogP contribution in [0.1, 0.15) is 18.6 Å². The van der Waals surface area contributed by atoms with Crippen molar-refractivity contribution < 1.29 is 14.0 Å². The van der Waals surface area contributed by atoms with Crippen molar-refractivity contribution in [2.24, 2.45) is 5.92 Å². The molecule has 2 atom stereocenters. The molecule has 0 unspecified atom stereocenters. The summed E-state index contributed by atoms with van der Waals surface area (Å²) in [6.45, 7) is 2.41. The fourth-order valence-corrected chi connectivity index (χ4v) is 4.09. The average Bonchev–Trinajstić information content (AvgIpc) is 2.84. The lowest BCUT2D eigenvalue weighted by Gasteiger charge is -2.36. The summed E-state index contributed by atoms with van der Waals surface area (Å²) in [5.74, 6) is 1.02. The number of nitrogens with zero attached hydrogens (tertiary/aromatic N) is 3. The van der Waals surface area contributed by atoms with E-state index in [0.717, 1.165) is 42.7 Å². The zero-order valence-corrected chi connectivity index (χ0v) is 15.4. The molecule has 2 bridgehead atoms. The van der Waals surface area contributed by atoms with Crippen LogP contribution in [0, 0.1) is 5.92 Å². The van der Waals surface area contributed by atoms with Crippen LogP contribution in [0.4, 0.5) is 0 Å². The van der Waals surface area contributed by atoms with E-state index in [0.29, 0.717) is 6.54 Å². The van der Waals surface area contributed by atoms with E-state index >= 15 is 0 Å². The van der Waals surface area contributed by atoms with Crippen LogP contribution < -0.4 is 0 Å². The van der Waals surface area contributed by atoms with E-state index in [9.17, 15) is 9.59 Å². The van der Waals surface area contributed by atoms with E-state index in [1.54, 1.807) is 23.9 Å². The number of amides is 2. The monoisotopic (exact) mass is 355 g/mol. The molecule has 5 rings (SSSR count). The maximum atomic E-state index is 12.8. The number of furan rings is 1. The zero-order valence-electron chi connectivity index (χ0n) is 15.4. The molecule has 0 N–H and O–H groups in total. The number of carbonyl (C=O) groups is 2. The molecule has 3 aliphatic heterocycles. The molecule has 0 radical (unpaired) electrons. The average molecular weight is 355 g/mol. The van der Waals surface area contributed by atoms with Crippen LogP contribution in [0.15, 0.2) is 34.7 Å². The Morgan fingerprint density at radius 3 is 2.81 bits per heavy atom. The van der Waals surface area contributed by atoms with Gasteiger partial charge in [-0.15, -0.1) is 0 Å². The molecule has 0 saturated carbocycles. The van der Waals surface area contributed by atoms with Gasteiger partial charge in [-0.05, 0) is 25.0 Å². The lowest BCUT2D eigenvalue weighted by molar-refractivity contribution is -0.145. The Balaban J connectivity index is 1.50. The molecule has 2 aromatic rings. The van der Waals surface area contributed by atoms with Crippen molar-refractivity contribution in [1.82, 2.24) is 14.7 Å². The maximum Gasteiger partial charge on any atom is 0.241 e. The van der Waals surface area contributed by atoms with Crippen LogP contribution >= 0.6 is 0 Å². The Labute approximate surface area is 153 Å². The SMILES string of the molecule is CN(C)C(=O)CN1C(=O)[C@H]2CC[C@@H]1CN(Cc1cc3ccccc3o1)C2. The zero-order chi connectivity index (χ0) is 18.3. The summed E-state index contributed by atoms with van der Waals surface area (Å²) in [6, 6.07) is 10.2. The molecule has 2 amide bonds. The second-order valence-corrected chi connectivity index (χ2v) is 7.63. The quantitative estimate of drug-likeness (QED) is 0.841. The van der Waals surface area contributed by atoms with E-state index < -0.39 is 0 Å². The summed E-state index contributed by atoms with van der Waals surface area (Å²) < 4.78 is 5.95. The van der Waals surface area contributed by atoms with Crippen molar-refractivity contribution in [3.05, 3.63) is 36.1 Å². The number of hydrogen-bond donors (Lipinski definition) is 0. The molecule has 3 saturated heterocycles. The highest BCUT2D eigenvalue weighted by atomic mass is 16.3. The molecule has 138 valence electrons. The summed E-state index contributed by atoms with van der Waals surface area (Å²) in [6.07, 6.45) is 1.88. The normalized spacial score (nSPS) is 23.5. The predicted molar refractivity (Wildman–Crippen MR) is 98.4 cm³/mol. The van der Waals surface area contributed by atoms with Gasteiger partial charge in [0.05, 0.1) is 12.5 Å². The van der Waals surface area contributed by atoms with Gasteiger partial charge < -0.3 is 14.2 Å². The standard InChI is InChI=1S/C20H25N3O3/c1-21(2)19(24)13-23-16-8-7-15(20(23)25)10-22(11-16)12-17-9-14-5-3-4-6-18(14)26-17/h3-6,9,15-16H,7-8,10-13H2,1-2H3/t15-,16+/m0/s1. The van der Waals surface area contributed by atoms with E-state index in [1.807, 2.05) is 24.3 Å². The second kappa shape index (κ2) is 6.76. The lowest BCUT2D eigenvalue weighted by Crippen LogP contribution is -2.51. The molecular weight excluding hydrogens is 330 g/mol. The van der Waals surface area contributed by atoms with Crippen LogP contribution in [0.25, 0.3) is 11.0 Å². The minimum absolute atomic E-state index is 0.0188. The highest BCUT2D eigenvalue weighted by Crippen LogP contribution is 2.30. The van der Waals surface area contributed by atoms with Gasteiger partial charge in [0.15, 0.2) is 0 Å². The van der Waals surface area contributed by atoms with Gasteiger partial charge >= 0.3 is 0 Å². The fourth-order valence-electron chi connectivity index (χ4n) is 4.09. The molecule has 4 heterocycles. The van der Waals surface area contributed by atoms with Crippen molar-refractivity contribution in [2.75, 3.05) is 33.7 Å². The Bertz CT molecular complexity index is 796. The lowest BCUT2D eigenvalue weighted by atomic mass is 9.94. The maximum absolute atomic E-state index is 12.8. The van der Waals surface area contributed by atoms with Crippen molar-refractivity contribution in [2.45, 2.75) is 25.4 Å². The number of rotatable bonds is 4. The first-order valence-electron chi connectivity index (χ1n) is 9.21. The molecule has 1 aromatic heterocycles. The third kappa shape index (κ3) is 3.21. The molecule has 0 aliphatic carbocycles. The highest BCUT2D eigenvalue weighted by Gasteiger charge is 2.41. The number of likely N-dealkylation sites (N-methyl/N-ethyl adjacent to an activating group) is 1. The van der Waals surface area contributed by atoms with Crippen LogP contribution in [0.2, 0.25) is 0 Å². The summed E-state index contributed by atoms with van der Waals surface area (Å²) in [5.41, 5.74) is 0.898. The van der Waals surface area contributed by atoms with E-state index in [4.69, 9.17) is 4.42 Å². The van der Waals surface area contributed by atoms with Crippen LogP contribution in [0.5, 0.6) is 0 Å². The van der Waals surface area contributed by atoms with Gasteiger partial charge in [-0.25, -0.2) is 0 Å². The van der Waals surface area contributed by atoms with E-state index in [1.165, 1.54) is 0 Å². The predicted octanol–water partition coefficient (Wildman–Crippen LogP) is 1.94. The van der Waals surface area contributed by atoms with E-state index in [-0.39, 0.29) is 30.3 Å².